The lowest BCUT2D eigenvalue weighted by Crippen LogP contribution is -2.75. The summed E-state index contributed by atoms with van der Waals surface area (Å²) >= 11 is 0. The van der Waals surface area contributed by atoms with Crippen molar-refractivity contribution >= 4 is 37.5 Å². The average Bonchev–Trinajstić information content (AvgIpc) is 2.36. The van der Waals surface area contributed by atoms with Crippen molar-refractivity contribution in [1.82, 2.24) is 9.80 Å². The van der Waals surface area contributed by atoms with Crippen LogP contribution in [0, 0.1) is 0 Å². The van der Waals surface area contributed by atoms with Gasteiger partial charge in [0, 0.05) is 18.0 Å². The molecule has 1 heterocycles. The van der Waals surface area contributed by atoms with Crippen LogP contribution in [0.1, 0.15) is 20.8 Å². The van der Waals surface area contributed by atoms with Crippen LogP contribution in [0.4, 0.5) is 31.1 Å². The third-order valence-corrected chi connectivity index (χ3v) is 3.75. The highest BCUT2D eigenvalue weighted by atomic mass is 19.4. The molecule has 0 aliphatic carbocycles. The highest BCUT2D eigenvalue weighted by Gasteiger charge is 2.61. The Balaban J connectivity index is 3.15. The Morgan fingerprint density at radius 1 is 1.04 bits per heavy atom. The molecule has 4 nitrogen and oxygen atoms in total. The molecule has 2 atom stereocenters. The first-order valence-corrected chi connectivity index (χ1v) is 7.29. The van der Waals surface area contributed by atoms with Crippen molar-refractivity contribution < 1.29 is 35.9 Å². The van der Waals surface area contributed by atoms with Gasteiger partial charge in [0.1, 0.15) is 7.85 Å². The molecule has 14 heteroatoms. The minimum atomic E-state index is -5.89. The number of nitrogens with zero attached hydrogens (tertiary/aromatic N) is 2. The second-order valence-corrected chi connectivity index (χ2v) is 6.99. The second kappa shape index (κ2) is 6.91. The Bertz CT molecular complexity index is 523. The first kappa shape index (κ1) is 23.1. The summed E-state index contributed by atoms with van der Waals surface area (Å²) in [4.78, 5) is 13.7. The van der Waals surface area contributed by atoms with E-state index in [2.05, 4.69) is 4.74 Å². The molecule has 1 rings (SSSR count). The number of alkyl halides is 6. The molecule has 1 aliphatic heterocycles. The Kier molecular flexibility index (Phi) is 6.14. The van der Waals surface area contributed by atoms with E-state index in [9.17, 15) is 31.1 Å². The molecular weight excluding hydrogens is 361 g/mol. The number of hydrogen-bond acceptors (Lipinski definition) is 3. The van der Waals surface area contributed by atoms with Crippen molar-refractivity contribution in [3.63, 3.8) is 0 Å². The van der Waals surface area contributed by atoms with Crippen molar-refractivity contribution in [3.05, 3.63) is 0 Å². The molecule has 0 aromatic heterocycles. The van der Waals surface area contributed by atoms with E-state index in [0.717, 1.165) is 0 Å². The van der Waals surface area contributed by atoms with Gasteiger partial charge in [-0.2, -0.15) is 26.3 Å². The SMILES string of the molecule is [B]C1C([B])N(C(=O)OC(C(F)(F)F)C(F)(F)F)C([B])([B])CN1C(C)(C)C. The largest absolute Gasteiger partial charge is 0.434 e. The average molecular weight is 375 g/mol. The predicted octanol–water partition coefficient (Wildman–Crippen LogP) is 1.01. The summed E-state index contributed by atoms with van der Waals surface area (Å²) in [6.07, 6.45) is -18.2. The minimum Gasteiger partial charge on any atom is -0.427 e. The fourth-order valence-electron chi connectivity index (χ4n) is 2.52. The van der Waals surface area contributed by atoms with Crippen molar-refractivity contribution in [2.24, 2.45) is 0 Å². The third-order valence-electron chi connectivity index (χ3n) is 3.75. The van der Waals surface area contributed by atoms with Gasteiger partial charge in [0.05, 0.1) is 23.5 Å². The van der Waals surface area contributed by atoms with Gasteiger partial charge in [0.15, 0.2) is 0 Å². The summed E-state index contributed by atoms with van der Waals surface area (Å²) in [5.74, 6) is -2.79. The van der Waals surface area contributed by atoms with E-state index in [1.165, 1.54) is 4.90 Å². The van der Waals surface area contributed by atoms with Gasteiger partial charge in [-0.25, -0.2) is 4.79 Å². The number of halogens is 6. The summed E-state index contributed by atoms with van der Waals surface area (Å²) in [6, 6.07) is 0. The van der Waals surface area contributed by atoms with Gasteiger partial charge in [-0.3, -0.25) is 0 Å². The van der Waals surface area contributed by atoms with Gasteiger partial charge in [0.2, 0.25) is 0 Å². The van der Waals surface area contributed by atoms with Crippen LogP contribution in [0.15, 0.2) is 0 Å². The van der Waals surface area contributed by atoms with Gasteiger partial charge in [0.25, 0.3) is 6.10 Å². The zero-order chi connectivity index (χ0) is 20.9. The molecule has 1 saturated heterocycles. The van der Waals surface area contributed by atoms with Crippen molar-refractivity contribution in [2.75, 3.05) is 6.54 Å². The zero-order valence-electron chi connectivity index (χ0n) is 14.2. The van der Waals surface area contributed by atoms with Crippen molar-refractivity contribution in [1.29, 1.82) is 0 Å². The Hall–Kier alpha value is -0.930. The van der Waals surface area contributed by atoms with Crippen LogP contribution < -0.4 is 0 Å². The van der Waals surface area contributed by atoms with Crippen LogP contribution in [0.25, 0.3) is 0 Å². The van der Waals surface area contributed by atoms with Crippen LogP contribution >= 0.6 is 0 Å². The van der Waals surface area contributed by atoms with Gasteiger partial charge in [-0.1, -0.05) is 0 Å². The molecule has 0 aromatic rings. The molecule has 0 aromatic carbocycles. The highest BCUT2D eigenvalue weighted by Crippen LogP contribution is 2.37. The van der Waals surface area contributed by atoms with Crippen LogP contribution in [0.5, 0.6) is 0 Å². The third kappa shape index (κ3) is 4.86. The molecule has 1 amide bonds. The fourth-order valence-corrected chi connectivity index (χ4v) is 2.52. The normalized spacial score (nSPS) is 25.4. The molecule has 26 heavy (non-hydrogen) atoms. The molecule has 0 saturated carbocycles. The molecule has 2 unspecified atom stereocenters. The van der Waals surface area contributed by atoms with E-state index < -0.39 is 47.3 Å². The maximum atomic E-state index is 12.6. The number of rotatable bonds is 1. The second-order valence-electron chi connectivity index (χ2n) is 6.99. The van der Waals surface area contributed by atoms with Crippen molar-refractivity contribution in [2.45, 2.75) is 62.0 Å². The number of ether oxygens (including phenoxy) is 1. The highest BCUT2D eigenvalue weighted by molar-refractivity contribution is 6.42. The van der Waals surface area contributed by atoms with E-state index in [0.29, 0.717) is 0 Å². The van der Waals surface area contributed by atoms with E-state index >= 15 is 0 Å². The molecule has 1 fully saturated rings. The lowest BCUT2D eigenvalue weighted by atomic mass is 9.55. The van der Waals surface area contributed by atoms with Crippen LogP contribution in [-0.4, -0.2) is 95.0 Å². The van der Waals surface area contributed by atoms with E-state index in [4.69, 9.17) is 31.4 Å². The summed E-state index contributed by atoms with van der Waals surface area (Å²) in [5.41, 5.74) is -0.655. The van der Waals surface area contributed by atoms with Crippen LogP contribution in [0.2, 0.25) is 0 Å². The maximum absolute atomic E-state index is 12.6. The summed E-state index contributed by atoms with van der Waals surface area (Å²) in [5, 5.41) is -2.22. The number of carbonyl (C=O) groups is 1. The standard InChI is InChI=1S/C12H14B4F6N2O2/c1-9(2,3)23-4-10(15,16)24(6(14)5(23)13)8(25)26-7(11(17,18)19)12(20,21)22/h5-7H,4H2,1-3H3. The lowest BCUT2D eigenvalue weighted by Gasteiger charge is -2.59. The summed E-state index contributed by atoms with van der Waals surface area (Å²) in [7, 11) is 23.0. The number of carbonyl (C=O) groups excluding carboxylic acids is 1. The predicted molar refractivity (Wildman–Crippen MR) is 84.0 cm³/mol. The quantitative estimate of drug-likeness (QED) is 0.507. The Morgan fingerprint density at radius 3 is 1.81 bits per heavy atom. The number of amides is 1. The first-order valence-electron chi connectivity index (χ1n) is 7.29. The zero-order valence-corrected chi connectivity index (χ0v) is 14.2. The van der Waals surface area contributed by atoms with Gasteiger partial charge in [-0.15, -0.1) is 0 Å². The molecule has 8 radical (unpaired) electrons. The van der Waals surface area contributed by atoms with Gasteiger partial charge < -0.3 is 14.5 Å². The minimum absolute atomic E-state index is 0.185. The molecule has 1 aliphatic rings. The number of hydrogen-bond donors (Lipinski definition) is 0. The lowest BCUT2D eigenvalue weighted by molar-refractivity contribution is -0.309. The van der Waals surface area contributed by atoms with Crippen molar-refractivity contribution in [3.8, 4) is 0 Å². The van der Waals surface area contributed by atoms with E-state index in [-0.39, 0.29) is 11.4 Å². The van der Waals surface area contributed by atoms with Crippen LogP contribution in [0.3, 0.4) is 0 Å². The van der Waals surface area contributed by atoms with Crippen LogP contribution in [-0.2, 0) is 4.74 Å². The van der Waals surface area contributed by atoms with E-state index in [1.54, 1.807) is 20.8 Å². The molecule has 0 N–H and O–H groups in total. The molecule has 138 valence electrons. The first-order chi connectivity index (χ1) is 11.3. The van der Waals surface area contributed by atoms with Gasteiger partial charge >= 0.3 is 18.4 Å². The fraction of sp³-hybridized carbons (Fsp3) is 0.917. The molecular formula is C12H14B4F6N2O2. The van der Waals surface area contributed by atoms with Gasteiger partial charge in [-0.05, 0) is 32.1 Å². The summed E-state index contributed by atoms with van der Waals surface area (Å²) in [6.45, 7) is 4.73. The monoisotopic (exact) mass is 376 g/mol. The maximum Gasteiger partial charge on any atom is 0.434 e. The summed E-state index contributed by atoms with van der Waals surface area (Å²) < 4.78 is 79.1. The Labute approximate surface area is 152 Å². The molecule has 0 bridgehead atoms. The Morgan fingerprint density at radius 2 is 1.46 bits per heavy atom. The number of piperazine rings is 1. The topological polar surface area (TPSA) is 32.8 Å². The smallest absolute Gasteiger partial charge is 0.427 e. The molecule has 0 spiro atoms. The van der Waals surface area contributed by atoms with E-state index in [1.807, 2.05) is 0 Å².